The summed E-state index contributed by atoms with van der Waals surface area (Å²) in [4.78, 5) is 12.5. The highest BCUT2D eigenvalue weighted by molar-refractivity contribution is 7.92. The Morgan fingerprint density at radius 1 is 1.10 bits per heavy atom. The van der Waals surface area contributed by atoms with Crippen LogP contribution < -0.4 is 10.1 Å². The average Bonchev–Trinajstić information content (AvgIpc) is 3.22. The molecule has 0 saturated carbocycles. The number of carbonyl (C=O) groups excluding carboxylic acids is 1. The van der Waals surface area contributed by atoms with E-state index >= 15 is 0 Å². The first-order valence-corrected chi connectivity index (χ1v) is 11.0. The molecular formula is C22H24N2O5S. The largest absolute Gasteiger partial charge is 0.497 e. The van der Waals surface area contributed by atoms with E-state index in [2.05, 4.69) is 10.5 Å². The minimum atomic E-state index is -3.32. The number of rotatable bonds is 8. The van der Waals surface area contributed by atoms with Gasteiger partial charge in [-0.2, -0.15) is 0 Å². The van der Waals surface area contributed by atoms with Crippen molar-refractivity contribution in [2.75, 3.05) is 7.11 Å². The van der Waals surface area contributed by atoms with Gasteiger partial charge in [0.2, 0.25) is 5.91 Å². The van der Waals surface area contributed by atoms with Crippen molar-refractivity contribution in [1.29, 1.82) is 0 Å². The molecular weight excluding hydrogens is 404 g/mol. The molecule has 7 nitrogen and oxygen atoms in total. The molecule has 158 valence electrons. The predicted octanol–water partition coefficient (Wildman–Crippen LogP) is 3.39. The molecule has 1 amide bonds. The summed E-state index contributed by atoms with van der Waals surface area (Å²) < 4.78 is 34.8. The topological polar surface area (TPSA) is 98.5 Å². The van der Waals surface area contributed by atoms with Crippen LogP contribution in [0.1, 0.15) is 25.1 Å². The molecule has 3 aromatic rings. The van der Waals surface area contributed by atoms with Crippen LogP contribution in [0.3, 0.4) is 0 Å². The number of hydrogen-bond acceptors (Lipinski definition) is 6. The van der Waals surface area contributed by atoms with Crippen molar-refractivity contribution in [1.82, 2.24) is 10.5 Å². The van der Waals surface area contributed by atoms with Crippen LogP contribution in [-0.2, 0) is 27.6 Å². The fourth-order valence-corrected chi connectivity index (χ4v) is 3.85. The van der Waals surface area contributed by atoms with Crippen LogP contribution in [0.4, 0.5) is 0 Å². The molecule has 0 aliphatic rings. The van der Waals surface area contributed by atoms with Crippen LogP contribution in [0.5, 0.6) is 5.75 Å². The molecule has 0 radical (unpaired) electrons. The normalized spacial score (nSPS) is 11.5. The number of aromatic nitrogens is 1. The highest BCUT2D eigenvalue weighted by atomic mass is 32.2. The molecule has 0 saturated heterocycles. The number of benzene rings is 2. The number of nitrogens with one attached hydrogen (secondary N) is 1. The molecule has 3 rings (SSSR count). The van der Waals surface area contributed by atoms with E-state index in [4.69, 9.17) is 9.26 Å². The maximum Gasteiger partial charge on any atom is 0.224 e. The molecule has 30 heavy (non-hydrogen) atoms. The summed E-state index contributed by atoms with van der Waals surface area (Å²) in [5.41, 5.74) is 2.19. The van der Waals surface area contributed by atoms with Crippen molar-refractivity contribution < 1.29 is 22.5 Å². The lowest BCUT2D eigenvalue weighted by molar-refractivity contribution is -0.120. The molecule has 0 spiro atoms. The molecule has 1 heterocycles. The van der Waals surface area contributed by atoms with E-state index in [0.29, 0.717) is 11.5 Å². The molecule has 8 heteroatoms. The van der Waals surface area contributed by atoms with E-state index in [1.807, 2.05) is 24.3 Å². The number of methoxy groups -OCH3 is 1. The molecule has 0 aliphatic carbocycles. The molecule has 2 aromatic carbocycles. The highest BCUT2D eigenvalue weighted by Gasteiger charge is 2.19. The van der Waals surface area contributed by atoms with Gasteiger partial charge in [-0.05, 0) is 55.8 Å². The van der Waals surface area contributed by atoms with Crippen LogP contribution in [0.15, 0.2) is 64.0 Å². The maximum absolute atomic E-state index is 12.2. The van der Waals surface area contributed by atoms with E-state index in [-0.39, 0.29) is 23.8 Å². The number of amides is 1. The third kappa shape index (κ3) is 5.07. The molecule has 0 bridgehead atoms. The Morgan fingerprint density at radius 2 is 1.77 bits per heavy atom. The molecule has 0 atom stereocenters. The van der Waals surface area contributed by atoms with Gasteiger partial charge in [0.05, 0.1) is 30.2 Å². The summed E-state index contributed by atoms with van der Waals surface area (Å²) in [6, 6.07) is 15.6. The van der Waals surface area contributed by atoms with Crippen LogP contribution in [0, 0.1) is 0 Å². The average molecular weight is 429 g/mol. The van der Waals surface area contributed by atoms with Gasteiger partial charge in [-0.15, -0.1) is 0 Å². The Balaban J connectivity index is 1.55. The Kier molecular flexibility index (Phi) is 6.56. The Bertz CT molecular complexity index is 1100. The highest BCUT2D eigenvalue weighted by Crippen LogP contribution is 2.23. The van der Waals surface area contributed by atoms with Gasteiger partial charge in [-0.1, -0.05) is 17.3 Å². The van der Waals surface area contributed by atoms with Gasteiger partial charge in [0.15, 0.2) is 15.6 Å². The Labute approximate surface area is 176 Å². The Morgan fingerprint density at radius 3 is 2.37 bits per heavy atom. The first-order valence-electron chi connectivity index (χ1n) is 9.49. The molecule has 0 aliphatic heterocycles. The lowest BCUT2D eigenvalue weighted by Gasteiger charge is -2.08. The summed E-state index contributed by atoms with van der Waals surface area (Å²) in [5.74, 6) is 1.16. The minimum Gasteiger partial charge on any atom is -0.497 e. The number of hydrogen-bond donors (Lipinski definition) is 1. The van der Waals surface area contributed by atoms with Gasteiger partial charge in [-0.25, -0.2) is 8.42 Å². The van der Waals surface area contributed by atoms with Crippen molar-refractivity contribution in [2.45, 2.75) is 37.0 Å². The zero-order valence-corrected chi connectivity index (χ0v) is 17.9. The molecule has 1 N–H and O–H groups in total. The lowest BCUT2D eigenvalue weighted by Crippen LogP contribution is -2.24. The number of sulfone groups is 1. The van der Waals surface area contributed by atoms with Crippen molar-refractivity contribution in [2.24, 2.45) is 0 Å². The van der Waals surface area contributed by atoms with E-state index in [0.717, 1.165) is 16.9 Å². The third-order valence-electron chi connectivity index (χ3n) is 4.64. The van der Waals surface area contributed by atoms with Crippen LogP contribution in [0.2, 0.25) is 0 Å². The second kappa shape index (κ2) is 9.13. The van der Waals surface area contributed by atoms with Gasteiger partial charge in [-0.3, -0.25) is 4.79 Å². The van der Waals surface area contributed by atoms with Crippen molar-refractivity contribution in [3.05, 3.63) is 65.9 Å². The molecule has 1 aromatic heterocycles. The van der Waals surface area contributed by atoms with E-state index < -0.39 is 15.1 Å². The van der Waals surface area contributed by atoms with Crippen LogP contribution in [-0.4, -0.2) is 31.8 Å². The second-order valence-electron chi connectivity index (χ2n) is 7.10. The maximum atomic E-state index is 12.2. The fraction of sp³-hybridized carbons (Fsp3) is 0.273. The summed E-state index contributed by atoms with van der Waals surface area (Å²) in [6.07, 6.45) is 0.144. The summed E-state index contributed by atoms with van der Waals surface area (Å²) in [7, 11) is -1.72. The van der Waals surface area contributed by atoms with E-state index in [1.54, 1.807) is 39.2 Å². The van der Waals surface area contributed by atoms with Gasteiger partial charge >= 0.3 is 0 Å². The molecule has 0 unspecified atom stereocenters. The van der Waals surface area contributed by atoms with E-state index in [9.17, 15) is 13.2 Å². The summed E-state index contributed by atoms with van der Waals surface area (Å²) in [6.45, 7) is 3.51. The predicted molar refractivity (Wildman–Crippen MR) is 113 cm³/mol. The van der Waals surface area contributed by atoms with Crippen molar-refractivity contribution >= 4 is 15.7 Å². The fourth-order valence-electron chi connectivity index (χ4n) is 2.79. The zero-order valence-electron chi connectivity index (χ0n) is 17.1. The van der Waals surface area contributed by atoms with Crippen LogP contribution >= 0.6 is 0 Å². The molecule has 0 fully saturated rings. The van der Waals surface area contributed by atoms with Crippen molar-refractivity contribution in [3.63, 3.8) is 0 Å². The van der Waals surface area contributed by atoms with Gasteiger partial charge < -0.3 is 14.6 Å². The number of nitrogens with zero attached hydrogens (tertiary/aromatic N) is 1. The standard InChI is InChI=1S/C22H24N2O5S/c1-15(2)30(26,27)20-10-4-16(5-11-20)12-22(25)23-14-18-13-21(29-24-18)17-6-8-19(28-3)9-7-17/h4-11,13,15H,12,14H2,1-3H3,(H,23,25). The summed E-state index contributed by atoms with van der Waals surface area (Å²) >= 11 is 0. The first-order chi connectivity index (χ1) is 14.3. The third-order valence-corrected chi connectivity index (χ3v) is 6.81. The number of carbonyl (C=O) groups is 1. The lowest BCUT2D eigenvalue weighted by atomic mass is 10.1. The SMILES string of the molecule is COc1ccc(-c2cc(CNC(=O)Cc3ccc(S(=O)(=O)C(C)C)cc3)no2)cc1. The quantitative estimate of drug-likeness (QED) is 0.591. The minimum absolute atomic E-state index is 0.144. The summed E-state index contributed by atoms with van der Waals surface area (Å²) in [5, 5.41) is 6.29. The van der Waals surface area contributed by atoms with Gasteiger partial charge in [0.1, 0.15) is 11.4 Å². The second-order valence-corrected chi connectivity index (χ2v) is 9.61. The number of ether oxygens (including phenoxy) is 1. The smallest absolute Gasteiger partial charge is 0.224 e. The van der Waals surface area contributed by atoms with E-state index in [1.165, 1.54) is 12.1 Å². The van der Waals surface area contributed by atoms with Crippen LogP contribution in [0.25, 0.3) is 11.3 Å². The Hall–Kier alpha value is -3.13. The van der Waals surface area contributed by atoms with Gasteiger partial charge in [0.25, 0.3) is 0 Å². The first kappa shape index (κ1) is 21.6. The zero-order chi connectivity index (χ0) is 21.7. The monoisotopic (exact) mass is 428 g/mol. The van der Waals surface area contributed by atoms with Crippen molar-refractivity contribution in [3.8, 4) is 17.1 Å². The van der Waals surface area contributed by atoms with Gasteiger partial charge in [0, 0.05) is 11.6 Å².